The standard InChI is InChI=1S/C19H36N2O2/c1-4-5-6-7-8-9-10-11-14-19(2,3)18(23)21-16-13-12-15-20-17(16)22/h16H,4-15H2,1-3H3,(H,20,22)(H,21,23)/t16-/m0/s1. The van der Waals surface area contributed by atoms with Gasteiger partial charge in [0.2, 0.25) is 11.8 Å². The highest BCUT2D eigenvalue weighted by Gasteiger charge is 2.31. The van der Waals surface area contributed by atoms with Gasteiger partial charge in [0.15, 0.2) is 0 Å². The number of carbonyl (C=O) groups excluding carboxylic acids is 2. The van der Waals surface area contributed by atoms with Crippen molar-refractivity contribution in [1.29, 1.82) is 0 Å². The molecule has 0 unspecified atom stereocenters. The molecule has 0 aromatic heterocycles. The maximum atomic E-state index is 12.4. The summed E-state index contributed by atoms with van der Waals surface area (Å²) in [7, 11) is 0. The Morgan fingerprint density at radius 2 is 1.74 bits per heavy atom. The number of piperidine rings is 1. The van der Waals surface area contributed by atoms with Gasteiger partial charge in [-0.2, -0.15) is 0 Å². The third kappa shape index (κ3) is 7.85. The topological polar surface area (TPSA) is 58.2 Å². The minimum absolute atomic E-state index is 0.0162. The van der Waals surface area contributed by atoms with Crippen LogP contribution in [0.1, 0.15) is 91.4 Å². The highest BCUT2D eigenvalue weighted by molar-refractivity contribution is 5.90. The van der Waals surface area contributed by atoms with Gasteiger partial charge in [-0.1, -0.05) is 72.1 Å². The molecule has 1 fully saturated rings. The van der Waals surface area contributed by atoms with E-state index in [1.54, 1.807) is 0 Å². The molecule has 1 aliphatic rings. The van der Waals surface area contributed by atoms with Crippen molar-refractivity contribution in [3.05, 3.63) is 0 Å². The van der Waals surface area contributed by atoms with Gasteiger partial charge < -0.3 is 10.6 Å². The van der Waals surface area contributed by atoms with Gasteiger partial charge in [-0.3, -0.25) is 9.59 Å². The van der Waals surface area contributed by atoms with Gasteiger partial charge in [-0.25, -0.2) is 0 Å². The molecule has 0 bridgehead atoms. The molecule has 1 saturated heterocycles. The fourth-order valence-corrected chi connectivity index (χ4v) is 3.08. The second-order valence-corrected chi connectivity index (χ2v) is 7.57. The molecule has 4 nitrogen and oxygen atoms in total. The summed E-state index contributed by atoms with van der Waals surface area (Å²) in [5, 5.41) is 5.75. The first kappa shape index (κ1) is 20.0. The average Bonchev–Trinajstić information content (AvgIpc) is 2.52. The van der Waals surface area contributed by atoms with Crippen LogP contribution in [0.4, 0.5) is 0 Å². The van der Waals surface area contributed by atoms with Crippen LogP contribution < -0.4 is 10.6 Å². The average molecular weight is 325 g/mol. The zero-order chi connectivity index (χ0) is 17.1. The van der Waals surface area contributed by atoms with Crippen molar-refractivity contribution < 1.29 is 9.59 Å². The predicted molar refractivity (Wildman–Crippen MR) is 95.2 cm³/mol. The predicted octanol–water partition coefficient (Wildman–Crippen LogP) is 3.94. The van der Waals surface area contributed by atoms with Crippen molar-refractivity contribution in [3.8, 4) is 0 Å². The number of nitrogens with one attached hydrogen (secondary N) is 2. The molecular weight excluding hydrogens is 288 g/mol. The smallest absolute Gasteiger partial charge is 0.242 e. The quantitative estimate of drug-likeness (QED) is 0.566. The van der Waals surface area contributed by atoms with Crippen LogP contribution in [0.15, 0.2) is 0 Å². The number of unbranched alkanes of at least 4 members (excludes halogenated alkanes) is 7. The summed E-state index contributed by atoms with van der Waals surface area (Å²) < 4.78 is 0. The number of amides is 2. The Balaban J connectivity index is 2.18. The Labute approximate surface area is 142 Å². The van der Waals surface area contributed by atoms with Gasteiger partial charge in [0.05, 0.1) is 0 Å². The lowest BCUT2D eigenvalue weighted by molar-refractivity contribution is -0.135. The van der Waals surface area contributed by atoms with E-state index in [4.69, 9.17) is 0 Å². The van der Waals surface area contributed by atoms with Crippen LogP contribution in [-0.2, 0) is 9.59 Å². The summed E-state index contributed by atoms with van der Waals surface area (Å²) in [6, 6.07) is -0.339. The first-order valence-electron chi connectivity index (χ1n) is 9.56. The highest BCUT2D eigenvalue weighted by atomic mass is 16.2. The van der Waals surface area contributed by atoms with Gasteiger partial charge in [-0.15, -0.1) is 0 Å². The van der Waals surface area contributed by atoms with E-state index in [2.05, 4.69) is 17.6 Å². The van der Waals surface area contributed by atoms with Crippen molar-refractivity contribution in [2.45, 2.75) is 97.4 Å². The van der Waals surface area contributed by atoms with E-state index in [9.17, 15) is 9.59 Å². The fourth-order valence-electron chi connectivity index (χ4n) is 3.08. The van der Waals surface area contributed by atoms with Gasteiger partial charge in [0.25, 0.3) is 0 Å². The van der Waals surface area contributed by atoms with E-state index >= 15 is 0 Å². The van der Waals surface area contributed by atoms with Crippen LogP contribution in [0, 0.1) is 5.41 Å². The third-order valence-electron chi connectivity index (χ3n) is 4.86. The second-order valence-electron chi connectivity index (χ2n) is 7.57. The van der Waals surface area contributed by atoms with Crippen molar-refractivity contribution >= 4 is 11.8 Å². The van der Waals surface area contributed by atoms with Crippen LogP contribution in [-0.4, -0.2) is 24.4 Å². The van der Waals surface area contributed by atoms with Crippen LogP contribution in [0.5, 0.6) is 0 Å². The van der Waals surface area contributed by atoms with Crippen molar-refractivity contribution in [2.75, 3.05) is 6.54 Å². The highest BCUT2D eigenvalue weighted by Crippen LogP contribution is 2.25. The summed E-state index contributed by atoms with van der Waals surface area (Å²) in [6.07, 6.45) is 12.8. The normalized spacial score (nSPS) is 18.6. The summed E-state index contributed by atoms with van der Waals surface area (Å²) in [5.74, 6) is -0.0185. The first-order chi connectivity index (χ1) is 11.0. The van der Waals surface area contributed by atoms with Crippen LogP contribution in [0.2, 0.25) is 0 Å². The molecule has 2 N–H and O–H groups in total. The van der Waals surface area contributed by atoms with Gasteiger partial charge in [0.1, 0.15) is 6.04 Å². The van der Waals surface area contributed by atoms with Crippen molar-refractivity contribution in [3.63, 3.8) is 0 Å². The van der Waals surface area contributed by atoms with Gasteiger partial charge in [0, 0.05) is 12.0 Å². The monoisotopic (exact) mass is 324 g/mol. The lowest BCUT2D eigenvalue weighted by Crippen LogP contribution is -2.53. The molecular formula is C19H36N2O2. The molecule has 4 heteroatoms. The molecule has 0 aliphatic carbocycles. The molecule has 0 aromatic carbocycles. The lowest BCUT2D eigenvalue weighted by Gasteiger charge is -2.29. The minimum atomic E-state index is -0.389. The van der Waals surface area contributed by atoms with E-state index < -0.39 is 0 Å². The second kappa shape index (κ2) is 10.7. The Morgan fingerprint density at radius 3 is 2.35 bits per heavy atom. The van der Waals surface area contributed by atoms with E-state index in [0.717, 1.165) is 32.2 Å². The molecule has 1 aliphatic heterocycles. The Bertz CT molecular complexity index is 366. The summed E-state index contributed by atoms with van der Waals surface area (Å²) in [6.45, 7) is 6.95. The van der Waals surface area contributed by atoms with Gasteiger partial charge >= 0.3 is 0 Å². The molecule has 2 amide bonds. The van der Waals surface area contributed by atoms with Crippen LogP contribution >= 0.6 is 0 Å². The largest absolute Gasteiger partial charge is 0.354 e. The summed E-state index contributed by atoms with van der Waals surface area (Å²) >= 11 is 0. The zero-order valence-corrected chi connectivity index (χ0v) is 15.4. The first-order valence-corrected chi connectivity index (χ1v) is 9.56. The van der Waals surface area contributed by atoms with Crippen LogP contribution in [0.3, 0.4) is 0 Å². The van der Waals surface area contributed by atoms with E-state index in [-0.39, 0.29) is 23.3 Å². The zero-order valence-electron chi connectivity index (χ0n) is 15.4. The molecule has 0 saturated carbocycles. The molecule has 134 valence electrons. The lowest BCUT2D eigenvalue weighted by atomic mass is 9.85. The number of hydrogen-bond acceptors (Lipinski definition) is 2. The van der Waals surface area contributed by atoms with Crippen LogP contribution in [0.25, 0.3) is 0 Å². The molecule has 0 aromatic rings. The fraction of sp³-hybridized carbons (Fsp3) is 0.895. The molecule has 1 atom stereocenters. The maximum Gasteiger partial charge on any atom is 0.242 e. The number of rotatable bonds is 11. The Morgan fingerprint density at radius 1 is 1.13 bits per heavy atom. The molecule has 0 spiro atoms. The van der Waals surface area contributed by atoms with E-state index in [1.165, 1.54) is 44.9 Å². The van der Waals surface area contributed by atoms with Crippen molar-refractivity contribution in [2.24, 2.45) is 5.41 Å². The Hall–Kier alpha value is -1.06. The summed E-state index contributed by atoms with van der Waals surface area (Å²) in [4.78, 5) is 24.2. The molecule has 1 heterocycles. The number of hydrogen-bond donors (Lipinski definition) is 2. The van der Waals surface area contributed by atoms with E-state index in [0.29, 0.717) is 0 Å². The molecule has 1 rings (SSSR count). The third-order valence-corrected chi connectivity index (χ3v) is 4.86. The Kier molecular flexibility index (Phi) is 9.27. The van der Waals surface area contributed by atoms with Gasteiger partial charge in [-0.05, 0) is 19.3 Å². The summed E-state index contributed by atoms with van der Waals surface area (Å²) in [5.41, 5.74) is -0.389. The van der Waals surface area contributed by atoms with Crippen molar-refractivity contribution in [1.82, 2.24) is 10.6 Å². The number of carbonyl (C=O) groups is 2. The molecule has 0 radical (unpaired) electrons. The maximum absolute atomic E-state index is 12.4. The SMILES string of the molecule is CCCCCCCCCCC(C)(C)C(=O)N[C@H]1CCCNC1=O. The molecule has 23 heavy (non-hydrogen) atoms. The van der Waals surface area contributed by atoms with E-state index in [1.807, 2.05) is 13.8 Å². The minimum Gasteiger partial charge on any atom is -0.354 e.